The molecule has 0 aromatic heterocycles. The molecule has 1 aromatic carbocycles. The number of nitrogens with one attached hydrogen (secondary N) is 1. The lowest BCUT2D eigenvalue weighted by atomic mass is 9.91. The molecule has 4 heteroatoms. The highest BCUT2D eigenvalue weighted by atomic mass is 35.5. The Balaban J connectivity index is 2.91. The molecule has 0 aliphatic heterocycles. The van der Waals surface area contributed by atoms with E-state index in [1.807, 2.05) is 13.0 Å². The Morgan fingerprint density at radius 3 is 2.65 bits per heavy atom. The maximum Gasteiger partial charge on any atom is 0.142 e. The maximum absolute atomic E-state index is 13.5. The van der Waals surface area contributed by atoms with Crippen LogP contribution in [0, 0.1) is 5.82 Å². The molecule has 0 bridgehead atoms. The van der Waals surface area contributed by atoms with Gasteiger partial charge in [0.25, 0.3) is 0 Å². The lowest BCUT2D eigenvalue weighted by Crippen LogP contribution is -2.50. The van der Waals surface area contributed by atoms with E-state index >= 15 is 0 Å². The standard InChI is InChI=1S/C16H25ClFNO/c1-5-10-19-14(16(3,4)20-6-2)11-12-8-7-9-13(18)15(12)17/h7-9,14,19H,5-6,10-11H2,1-4H3. The largest absolute Gasteiger partial charge is 0.374 e. The van der Waals surface area contributed by atoms with Gasteiger partial charge in [0, 0.05) is 12.6 Å². The number of halogens is 2. The fourth-order valence-corrected chi connectivity index (χ4v) is 2.48. The first-order valence-corrected chi connectivity index (χ1v) is 7.60. The van der Waals surface area contributed by atoms with Gasteiger partial charge in [0.1, 0.15) is 5.82 Å². The number of rotatable bonds is 8. The van der Waals surface area contributed by atoms with E-state index in [9.17, 15) is 4.39 Å². The predicted octanol–water partition coefficient (Wildman–Crippen LogP) is 4.20. The molecule has 1 aromatic rings. The third-order valence-corrected chi connectivity index (χ3v) is 3.88. The van der Waals surface area contributed by atoms with Gasteiger partial charge in [-0.2, -0.15) is 0 Å². The molecule has 0 amide bonds. The van der Waals surface area contributed by atoms with Crippen molar-refractivity contribution in [3.63, 3.8) is 0 Å². The van der Waals surface area contributed by atoms with Gasteiger partial charge in [-0.05, 0) is 51.8 Å². The molecule has 0 spiro atoms. The highest BCUT2D eigenvalue weighted by molar-refractivity contribution is 6.31. The lowest BCUT2D eigenvalue weighted by molar-refractivity contribution is -0.0380. The number of ether oxygens (including phenoxy) is 1. The van der Waals surface area contributed by atoms with Gasteiger partial charge in [0.05, 0.1) is 10.6 Å². The normalized spacial score (nSPS) is 13.5. The van der Waals surface area contributed by atoms with Crippen LogP contribution in [0.2, 0.25) is 5.02 Å². The van der Waals surface area contributed by atoms with Crippen molar-refractivity contribution >= 4 is 11.6 Å². The van der Waals surface area contributed by atoms with Gasteiger partial charge in [-0.3, -0.25) is 0 Å². The van der Waals surface area contributed by atoms with Gasteiger partial charge >= 0.3 is 0 Å². The van der Waals surface area contributed by atoms with Crippen molar-refractivity contribution < 1.29 is 9.13 Å². The summed E-state index contributed by atoms with van der Waals surface area (Å²) in [5.41, 5.74) is 0.479. The van der Waals surface area contributed by atoms with Crippen molar-refractivity contribution in [3.8, 4) is 0 Å². The first kappa shape index (κ1) is 17.4. The molecule has 1 N–H and O–H groups in total. The smallest absolute Gasteiger partial charge is 0.142 e. The highest BCUT2D eigenvalue weighted by Crippen LogP contribution is 2.25. The molecular formula is C16H25ClFNO. The molecule has 0 radical (unpaired) electrons. The lowest BCUT2D eigenvalue weighted by Gasteiger charge is -2.35. The topological polar surface area (TPSA) is 21.3 Å². The summed E-state index contributed by atoms with van der Waals surface area (Å²) in [7, 11) is 0. The van der Waals surface area contributed by atoms with Crippen LogP contribution in [0.1, 0.15) is 39.7 Å². The van der Waals surface area contributed by atoms with E-state index in [4.69, 9.17) is 16.3 Å². The third-order valence-electron chi connectivity index (χ3n) is 3.45. The SMILES string of the molecule is CCCNC(Cc1cccc(F)c1Cl)C(C)(C)OCC. The molecule has 0 saturated carbocycles. The van der Waals surface area contributed by atoms with Crippen molar-refractivity contribution in [1.82, 2.24) is 5.32 Å². The Kier molecular flexibility index (Phi) is 6.93. The zero-order chi connectivity index (χ0) is 15.2. The second-order valence-corrected chi connectivity index (χ2v) is 5.84. The van der Waals surface area contributed by atoms with Crippen molar-refractivity contribution in [1.29, 1.82) is 0 Å². The Hall–Kier alpha value is -0.640. The van der Waals surface area contributed by atoms with Crippen LogP contribution in [0.4, 0.5) is 4.39 Å². The Morgan fingerprint density at radius 2 is 2.05 bits per heavy atom. The van der Waals surface area contributed by atoms with Crippen LogP contribution in [0.25, 0.3) is 0 Å². The van der Waals surface area contributed by atoms with Crippen molar-refractivity contribution in [2.75, 3.05) is 13.2 Å². The molecule has 0 fully saturated rings. The summed E-state index contributed by atoms with van der Waals surface area (Å²) in [6.07, 6.45) is 1.68. The summed E-state index contributed by atoms with van der Waals surface area (Å²) in [6.45, 7) is 9.75. The summed E-state index contributed by atoms with van der Waals surface area (Å²) in [5, 5.41) is 3.69. The van der Waals surface area contributed by atoms with Crippen LogP contribution < -0.4 is 5.32 Å². The molecule has 0 aliphatic carbocycles. The van der Waals surface area contributed by atoms with Gasteiger partial charge in [0.15, 0.2) is 0 Å². The maximum atomic E-state index is 13.5. The first-order chi connectivity index (χ1) is 9.42. The van der Waals surface area contributed by atoms with E-state index in [0.29, 0.717) is 13.0 Å². The van der Waals surface area contributed by atoms with E-state index < -0.39 is 0 Å². The Bertz CT molecular complexity index is 423. The third kappa shape index (κ3) is 4.72. The van der Waals surface area contributed by atoms with Crippen LogP contribution in [0.5, 0.6) is 0 Å². The summed E-state index contributed by atoms with van der Waals surface area (Å²) in [5.74, 6) is -0.368. The molecule has 0 saturated heterocycles. The summed E-state index contributed by atoms with van der Waals surface area (Å²) >= 11 is 6.05. The van der Waals surface area contributed by atoms with Crippen LogP contribution in [-0.4, -0.2) is 24.8 Å². The molecular weight excluding hydrogens is 277 g/mol. The zero-order valence-electron chi connectivity index (χ0n) is 12.8. The molecule has 1 unspecified atom stereocenters. The molecule has 114 valence electrons. The minimum atomic E-state index is -0.368. The summed E-state index contributed by atoms with van der Waals surface area (Å²) < 4.78 is 19.4. The van der Waals surface area contributed by atoms with Gasteiger partial charge in [-0.15, -0.1) is 0 Å². The van der Waals surface area contributed by atoms with Crippen molar-refractivity contribution in [2.24, 2.45) is 0 Å². The summed E-state index contributed by atoms with van der Waals surface area (Å²) in [4.78, 5) is 0. The highest BCUT2D eigenvalue weighted by Gasteiger charge is 2.30. The second kappa shape index (κ2) is 7.96. The van der Waals surface area contributed by atoms with E-state index in [1.165, 1.54) is 6.07 Å². The van der Waals surface area contributed by atoms with Gasteiger partial charge in [-0.1, -0.05) is 30.7 Å². The van der Waals surface area contributed by atoms with E-state index in [1.54, 1.807) is 6.07 Å². The Labute approximate surface area is 126 Å². The van der Waals surface area contributed by atoms with Gasteiger partial charge < -0.3 is 10.1 Å². The molecule has 0 heterocycles. The average molecular weight is 302 g/mol. The Morgan fingerprint density at radius 1 is 1.35 bits per heavy atom. The second-order valence-electron chi connectivity index (χ2n) is 5.46. The van der Waals surface area contributed by atoms with Gasteiger partial charge in [-0.25, -0.2) is 4.39 Å². The minimum absolute atomic E-state index is 0.0849. The predicted molar refractivity (Wildman–Crippen MR) is 82.9 cm³/mol. The van der Waals surface area contributed by atoms with E-state index in [-0.39, 0.29) is 22.5 Å². The van der Waals surface area contributed by atoms with E-state index in [2.05, 4.69) is 26.1 Å². The number of hydrogen-bond donors (Lipinski definition) is 1. The zero-order valence-corrected chi connectivity index (χ0v) is 13.6. The monoisotopic (exact) mass is 301 g/mol. The molecule has 20 heavy (non-hydrogen) atoms. The molecule has 0 aliphatic rings. The molecule has 2 nitrogen and oxygen atoms in total. The van der Waals surface area contributed by atoms with Crippen LogP contribution in [-0.2, 0) is 11.2 Å². The number of benzene rings is 1. The molecule has 1 rings (SSSR count). The first-order valence-electron chi connectivity index (χ1n) is 7.22. The molecule has 1 atom stereocenters. The fourth-order valence-electron chi connectivity index (χ4n) is 2.28. The number of hydrogen-bond acceptors (Lipinski definition) is 2. The van der Waals surface area contributed by atoms with Crippen LogP contribution >= 0.6 is 11.6 Å². The van der Waals surface area contributed by atoms with Crippen molar-refractivity contribution in [2.45, 2.75) is 52.2 Å². The van der Waals surface area contributed by atoms with Crippen LogP contribution in [0.15, 0.2) is 18.2 Å². The van der Waals surface area contributed by atoms with Gasteiger partial charge in [0.2, 0.25) is 0 Å². The summed E-state index contributed by atoms with van der Waals surface area (Å²) in [6, 6.07) is 5.03. The quantitative estimate of drug-likeness (QED) is 0.777. The average Bonchev–Trinajstić information content (AvgIpc) is 2.39. The van der Waals surface area contributed by atoms with Crippen molar-refractivity contribution in [3.05, 3.63) is 34.6 Å². The fraction of sp³-hybridized carbons (Fsp3) is 0.625. The minimum Gasteiger partial charge on any atom is -0.374 e. The van der Waals surface area contributed by atoms with E-state index in [0.717, 1.165) is 18.5 Å². The van der Waals surface area contributed by atoms with Crippen LogP contribution in [0.3, 0.4) is 0 Å².